The Morgan fingerprint density at radius 2 is 1.86 bits per heavy atom. The second-order valence-corrected chi connectivity index (χ2v) is 9.23. The average Bonchev–Trinajstić information content (AvgIpc) is 3.42. The quantitative estimate of drug-likeness (QED) is 0.279. The van der Waals surface area contributed by atoms with Gasteiger partial charge < -0.3 is 25.3 Å². The van der Waals surface area contributed by atoms with Gasteiger partial charge in [0.2, 0.25) is 0 Å². The van der Waals surface area contributed by atoms with Crippen molar-refractivity contribution in [2.75, 3.05) is 5.32 Å². The molecule has 212 valence electrons. The zero-order chi connectivity index (χ0) is 29.8. The normalized spacial score (nSPS) is 13.6. The zero-order valence-electron chi connectivity index (χ0n) is 22.7. The summed E-state index contributed by atoms with van der Waals surface area (Å²) in [5, 5.41) is 13.2. The topological polar surface area (TPSA) is 136 Å². The van der Waals surface area contributed by atoms with E-state index in [9.17, 15) is 18.8 Å². The number of halogens is 1. The first kappa shape index (κ1) is 27.8. The zero-order valence-corrected chi connectivity index (χ0v) is 22.7. The van der Waals surface area contributed by atoms with Gasteiger partial charge >= 0.3 is 5.69 Å². The molecule has 0 saturated carbocycles. The van der Waals surface area contributed by atoms with Gasteiger partial charge in [0.25, 0.3) is 11.5 Å². The molecule has 5 rings (SSSR count). The van der Waals surface area contributed by atoms with Gasteiger partial charge in [0.15, 0.2) is 5.76 Å². The van der Waals surface area contributed by atoms with E-state index in [1.807, 2.05) is 17.8 Å². The van der Waals surface area contributed by atoms with E-state index < -0.39 is 23.0 Å². The first-order valence-corrected chi connectivity index (χ1v) is 12.9. The number of aromatic nitrogens is 4. The van der Waals surface area contributed by atoms with Crippen molar-refractivity contribution in [3.63, 3.8) is 0 Å². The summed E-state index contributed by atoms with van der Waals surface area (Å²) in [6.45, 7) is 1.92. The Hall–Kier alpha value is -5.78. The van der Waals surface area contributed by atoms with Crippen LogP contribution in [0.15, 0.2) is 107 Å². The van der Waals surface area contributed by atoms with Gasteiger partial charge in [-0.05, 0) is 67.6 Å². The molecule has 12 heteroatoms. The Bertz CT molecular complexity index is 1880. The molecule has 11 nitrogen and oxygen atoms in total. The fourth-order valence-electron chi connectivity index (χ4n) is 4.23. The number of dihydropyridines is 1. The lowest BCUT2D eigenvalue weighted by Crippen LogP contribution is -2.42. The fraction of sp³-hybridized carbons (Fsp3) is 0.100. The number of aryl methyl sites for hydroxylation is 2. The number of carbonyl (C=O) groups is 1. The number of imidazole rings is 1. The maximum Gasteiger partial charge on any atom is 0.335 e. The molecule has 42 heavy (non-hydrogen) atoms. The number of allylic oxidation sites excluding steroid dienone is 3. The summed E-state index contributed by atoms with van der Waals surface area (Å²) in [4.78, 5) is 43.6. The van der Waals surface area contributed by atoms with Gasteiger partial charge in [-0.25, -0.2) is 18.7 Å². The number of rotatable bonds is 8. The molecule has 1 aliphatic heterocycles. The molecule has 3 heterocycles. The minimum Gasteiger partial charge on any atom is -0.455 e. The van der Waals surface area contributed by atoms with Crippen LogP contribution in [0.2, 0.25) is 0 Å². The third-order valence-electron chi connectivity index (χ3n) is 6.35. The maximum absolute atomic E-state index is 13.4. The number of hydrogen-bond donors (Lipinski definition) is 3. The van der Waals surface area contributed by atoms with Crippen LogP contribution in [0.4, 0.5) is 10.1 Å². The van der Waals surface area contributed by atoms with Crippen LogP contribution in [0.1, 0.15) is 23.0 Å². The Morgan fingerprint density at radius 3 is 2.50 bits per heavy atom. The molecule has 0 saturated heterocycles. The summed E-state index contributed by atoms with van der Waals surface area (Å²) in [6, 6.07) is 11.4. The standard InChI is InChI=1S/C30H26FN7O4/c1-3-37-16-24(29(40)38(30(37)41)22-8-4-20(31)5-9-22)28(39)35-21-6-10-23(11-7-21)42-27-14-19(15-33-25(27)12-13-32)26-17-36(2)18-34-26/h4-18,32-33H,3H2,1-2H3,(H,35,39)/b25-12-,32-13?. The molecule has 3 N–H and O–H groups in total. The summed E-state index contributed by atoms with van der Waals surface area (Å²) in [6.07, 6.45) is 11.0. The largest absolute Gasteiger partial charge is 0.455 e. The van der Waals surface area contributed by atoms with Gasteiger partial charge in [0.1, 0.15) is 17.1 Å². The van der Waals surface area contributed by atoms with Crippen molar-refractivity contribution in [3.8, 4) is 11.4 Å². The van der Waals surface area contributed by atoms with Crippen molar-refractivity contribution in [3.05, 3.63) is 135 Å². The summed E-state index contributed by atoms with van der Waals surface area (Å²) >= 11 is 0. The van der Waals surface area contributed by atoms with Gasteiger partial charge in [0, 0.05) is 49.7 Å². The summed E-state index contributed by atoms with van der Waals surface area (Å²) < 4.78 is 23.4. The molecule has 0 atom stereocenters. The summed E-state index contributed by atoms with van der Waals surface area (Å²) in [5.41, 5.74) is 0.912. The van der Waals surface area contributed by atoms with Crippen molar-refractivity contribution < 1.29 is 13.9 Å². The van der Waals surface area contributed by atoms with E-state index >= 15 is 0 Å². The molecule has 0 aliphatic carbocycles. The van der Waals surface area contributed by atoms with Gasteiger partial charge in [-0.3, -0.25) is 14.2 Å². The predicted octanol–water partition coefficient (Wildman–Crippen LogP) is 3.58. The Kier molecular flexibility index (Phi) is 7.78. The number of carbonyl (C=O) groups excluding carboxylic acids is 1. The number of anilines is 1. The van der Waals surface area contributed by atoms with Crippen LogP contribution in [-0.2, 0) is 13.6 Å². The Balaban J connectivity index is 1.38. The number of hydrogen-bond acceptors (Lipinski definition) is 7. The third kappa shape index (κ3) is 5.72. The molecule has 1 aliphatic rings. The van der Waals surface area contributed by atoms with E-state index in [0.717, 1.165) is 34.2 Å². The predicted molar refractivity (Wildman–Crippen MR) is 156 cm³/mol. The van der Waals surface area contributed by atoms with Crippen molar-refractivity contribution in [2.24, 2.45) is 7.05 Å². The minimum atomic E-state index is -0.826. The molecule has 4 aromatic rings. The SMILES string of the molecule is CCn1cc(C(=O)Nc2ccc(OC3=CC(c4cn(C)cn4)=CN/C3=C\C=N)cc2)c(=O)n(-c2ccc(F)cc2)c1=O. The van der Waals surface area contributed by atoms with Crippen molar-refractivity contribution in [1.29, 1.82) is 5.41 Å². The van der Waals surface area contributed by atoms with Crippen LogP contribution >= 0.6 is 0 Å². The van der Waals surface area contributed by atoms with E-state index in [0.29, 0.717) is 22.9 Å². The number of nitrogens with one attached hydrogen (secondary N) is 3. The molecule has 0 bridgehead atoms. The molecule has 0 radical (unpaired) electrons. The second kappa shape index (κ2) is 11.8. The average molecular weight is 568 g/mol. The monoisotopic (exact) mass is 567 g/mol. The van der Waals surface area contributed by atoms with Crippen LogP contribution in [-0.4, -0.2) is 30.8 Å². The molecular weight excluding hydrogens is 541 g/mol. The van der Waals surface area contributed by atoms with E-state index in [1.54, 1.807) is 55.9 Å². The van der Waals surface area contributed by atoms with Crippen LogP contribution in [0, 0.1) is 11.2 Å². The van der Waals surface area contributed by atoms with Crippen molar-refractivity contribution in [2.45, 2.75) is 13.5 Å². The molecule has 1 amide bonds. The van der Waals surface area contributed by atoms with Gasteiger partial charge in [-0.2, -0.15) is 0 Å². The molecule has 2 aromatic carbocycles. The van der Waals surface area contributed by atoms with Crippen molar-refractivity contribution >= 4 is 23.4 Å². The highest BCUT2D eigenvalue weighted by Gasteiger charge is 2.19. The third-order valence-corrected chi connectivity index (χ3v) is 6.35. The maximum atomic E-state index is 13.4. The molecule has 0 unspecified atom stereocenters. The van der Waals surface area contributed by atoms with Gasteiger partial charge in [-0.1, -0.05) is 0 Å². The molecular formula is C30H26FN7O4. The minimum absolute atomic E-state index is 0.147. The number of nitrogens with zero attached hydrogens (tertiary/aromatic N) is 4. The summed E-state index contributed by atoms with van der Waals surface area (Å²) in [5.74, 6) is -0.321. The van der Waals surface area contributed by atoms with Crippen LogP contribution in [0.25, 0.3) is 11.3 Å². The lowest BCUT2D eigenvalue weighted by molar-refractivity contribution is 0.102. The van der Waals surface area contributed by atoms with Gasteiger partial charge in [0.05, 0.1) is 23.4 Å². The van der Waals surface area contributed by atoms with E-state index in [4.69, 9.17) is 10.1 Å². The smallest absolute Gasteiger partial charge is 0.335 e. The number of amides is 1. The van der Waals surface area contributed by atoms with Crippen LogP contribution < -0.4 is 26.6 Å². The van der Waals surface area contributed by atoms with Crippen molar-refractivity contribution in [1.82, 2.24) is 24.0 Å². The highest BCUT2D eigenvalue weighted by Crippen LogP contribution is 2.26. The van der Waals surface area contributed by atoms with E-state index in [1.165, 1.54) is 22.9 Å². The highest BCUT2D eigenvalue weighted by molar-refractivity contribution is 6.03. The molecule has 0 spiro atoms. The van der Waals surface area contributed by atoms with Crippen LogP contribution in [0.5, 0.6) is 5.75 Å². The first-order chi connectivity index (χ1) is 20.3. The lowest BCUT2D eigenvalue weighted by atomic mass is 10.1. The second-order valence-electron chi connectivity index (χ2n) is 9.23. The molecule has 2 aromatic heterocycles. The fourth-order valence-corrected chi connectivity index (χ4v) is 4.23. The molecule has 0 fully saturated rings. The number of benzene rings is 2. The summed E-state index contributed by atoms with van der Waals surface area (Å²) in [7, 11) is 1.87. The first-order valence-electron chi connectivity index (χ1n) is 12.9. The highest BCUT2D eigenvalue weighted by atomic mass is 19.1. The van der Waals surface area contributed by atoms with E-state index in [2.05, 4.69) is 15.6 Å². The van der Waals surface area contributed by atoms with E-state index in [-0.39, 0.29) is 17.8 Å². The Morgan fingerprint density at radius 1 is 1.12 bits per heavy atom. The Labute approximate surface area is 239 Å². The van der Waals surface area contributed by atoms with Crippen LogP contribution in [0.3, 0.4) is 0 Å². The van der Waals surface area contributed by atoms with Gasteiger partial charge in [-0.15, -0.1) is 0 Å². The number of ether oxygens (including phenoxy) is 1. The lowest BCUT2D eigenvalue weighted by Gasteiger charge is -2.18.